The average Bonchev–Trinajstić information content (AvgIpc) is 2.19. The minimum Gasteiger partial charge on any atom is -0.508 e. The summed E-state index contributed by atoms with van der Waals surface area (Å²) in [5.41, 5.74) is 7.47. The van der Waals surface area contributed by atoms with Gasteiger partial charge in [0.15, 0.2) is 0 Å². The fourth-order valence-corrected chi connectivity index (χ4v) is 1.57. The molecule has 0 aliphatic carbocycles. The Kier molecular flexibility index (Phi) is 4.13. The van der Waals surface area contributed by atoms with E-state index in [1.54, 1.807) is 6.07 Å². The summed E-state index contributed by atoms with van der Waals surface area (Å²) in [7, 11) is 0. The predicted molar refractivity (Wildman–Crippen MR) is 69.5 cm³/mol. The van der Waals surface area contributed by atoms with E-state index in [1.165, 1.54) is 0 Å². The number of phenolic OH excluding ortho intramolecular Hbond substituents is 1. The summed E-state index contributed by atoms with van der Waals surface area (Å²) in [4.78, 5) is 0. The van der Waals surface area contributed by atoms with Crippen LogP contribution in [0, 0.1) is 0 Å². The van der Waals surface area contributed by atoms with Crippen LogP contribution in [0.5, 0.6) is 5.75 Å². The van der Waals surface area contributed by atoms with Gasteiger partial charge in [-0.1, -0.05) is 39.0 Å². The summed E-state index contributed by atoms with van der Waals surface area (Å²) < 4.78 is 0. The Morgan fingerprint density at radius 3 is 2.56 bits per heavy atom. The lowest BCUT2D eigenvalue weighted by molar-refractivity contribution is 0.446. The minimum absolute atomic E-state index is 0.0399. The molecule has 1 aromatic rings. The molecule has 0 aliphatic rings. The van der Waals surface area contributed by atoms with Crippen molar-refractivity contribution in [3.63, 3.8) is 0 Å². The molecule has 3 N–H and O–H groups in total. The molecule has 0 saturated heterocycles. The highest BCUT2D eigenvalue weighted by Gasteiger charge is 2.17. The first kappa shape index (κ1) is 12.8. The van der Waals surface area contributed by atoms with Crippen LogP contribution in [0.2, 0.25) is 0 Å². The molecule has 0 heterocycles. The van der Waals surface area contributed by atoms with Crippen LogP contribution in [-0.2, 0) is 5.41 Å². The Bertz CT molecular complexity index is 375. The van der Waals surface area contributed by atoms with Crippen LogP contribution in [-0.4, -0.2) is 11.7 Å². The molecular formula is C14H21NO. The van der Waals surface area contributed by atoms with Crippen LogP contribution in [0.25, 0.3) is 6.08 Å². The lowest BCUT2D eigenvalue weighted by Crippen LogP contribution is -2.11. The summed E-state index contributed by atoms with van der Waals surface area (Å²) in [6.45, 7) is 6.95. The lowest BCUT2D eigenvalue weighted by Gasteiger charge is -2.20. The SMILES string of the molecule is CC(C)(C)c1cc(C=CCCN)ccc1O. The van der Waals surface area contributed by atoms with Crippen molar-refractivity contribution in [1.82, 2.24) is 0 Å². The lowest BCUT2D eigenvalue weighted by atomic mass is 9.85. The standard InChI is InChI=1S/C14H21NO/c1-14(2,3)12-10-11(6-4-5-9-15)7-8-13(12)16/h4,6-8,10,16H,5,9,15H2,1-3H3. The molecule has 1 rings (SSSR count). The van der Waals surface area contributed by atoms with Crippen LogP contribution in [0.1, 0.15) is 38.3 Å². The Labute approximate surface area is 97.8 Å². The van der Waals surface area contributed by atoms with E-state index in [0.717, 1.165) is 17.5 Å². The molecular weight excluding hydrogens is 198 g/mol. The molecule has 0 unspecified atom stereocenters. The first-order valence-corrected chi connectivity index (χ1v) is 5.65. The van der Waals surface area contributed by atoms with E-state index in [9.17, 15) is 5.11 Å². The normalized spacial score (nSPS) is 12.2. The van der Waals surface area contributed by atoms with Crippen LogP contribution in [0.15, 0.2) is 24.3 Å². The van der Waals surface area contributed by atoms with Gasteiger partial charge in [0.2, 0.25) is 0 Å². The molecule has 16 heavy (non-hydrogen) atoms. The first-order chi connectivity index (χ1) is 7.45. The highest BCUT2D eigenvalue weighted by Crippen LogP contribution is 2.31. The number of nitrogens with two attached hydrogens (primary N) is 1. The maximum Gasteiger partial charge on any atom is 0.119 e. The minimum atomic E-state index is -0.0399. The molecule has 0 fully saturated rings. The predicted octanol–water partition coefficient (Wildman–Crippen LogP) is 3.05. The number of hydrogen-bond acceptors (Lipinski definition) is 2. The molecule has 88 valence electrons. The van der Waals surface area contributed by atoms with Gasteiger partial charge >= 0.3 is 0 Å². The third kappa shape index (κ3) is 3.38. The van der Waals surface area contributed by atoms with Crippen molar-refractivity contribution in [2.75, 3.05) is 6.54 Å². The molecule has 0 aromatic heterocycles. The van der Waals surface area contributed by atoms with Crippen molar-refractivity contribution < 1.29 is 5.11 Å². The molecule has 0 atom stereocenters. The third-order valence-corrected chi connectivity index (χ3v) is 2.47. The second-order valence-electron chi connectivity index (χ2n) is 5.01. The molecule has 0 saturated carbocycles. The van der Waals surface area contributed by atoms with Gasteiger partial charge in [0.1, 0.15) is 5.75 Å². The average molecular weight is 219 g/mol. The van der Waals surface area contributed by atoms with Crippen molar-refractivity contribution in [1.29, 1.82) is 0 Å². The van der Waals surface area contributed by atoms with Crippen LogP contribution in [0.3, 0.4) is 0 Å². The highest BCUT2D eigenvalue weighted by atomic mass is 16.3. The Morgan fingerprint density at radius 2 is 2.00 bits per heavy atom. The molecule has 2 heteroatoms. The zero-order valence-corrected chi connectivity index (χ0v) is 10.3. The quantitative estimate of drug-likeness (QED) is 0.820. The van der Waals surface area contributed by atoms with E-state index in [-0.39, 0.29) is 5.41 Å². The number of benzene rings is 1. The van der Waals surface area contributed by atoms with Crippen molar-refractivity contribution in [3.8, 4) is 5.75 Å². The number of hydrogen-bond donors (Lipinski definition) is 2. The highest BCUT2D eigenvalue weighted by molar-refractivity contribution is 5.54. The maximum atomic E-state index is 9.80. The fraction of sp³-hybridized carbons (Fsp3) is 0.429. The summed E-state index contributed by atoms with van der Waals surface area (Å²) in [5, 5.41) is 9.80. The van der Waals surface area contributed by atoms with Gasteiger partial charge in [-0.25, -0.2) is 0 Å². The Hall–Kier alpha value is -1.28. The number of rotatable bonds is 3. The van der Waals surface area contributed by atoms with Crippen molar-refractivity contribution in [2.45, 2.75) is 32.6 Å². The van der Waals surface area contributed by atoms with Gasteiger partial charge in [-0.2, -0.15) is 0 Å². The third-order valence-electron chi connectivity index (χ3n) is 2.47. The smallest absolute Gasteiger partial charge is 0.119 e. The zero-order valence-electron chi connectivity index (χ0n) is 10.3. The topological polar surface area (TPSA) is 46.2 Å². The van der Waals surface area contributed by atoms with E-state index in [4.69, 9.17) is 5.73 Å². The van der Waals surface area contributed by atoms with E-state index in [2.05, 4.69) is 26.8 Å². The number of phenols is 1. The van der Waals surface area contributed by atoms with E-state index < -0.39 is 0 Å². The van der Waals surface area contributed by atoms with Gasteiger partial charge in [-0.15, -0.1) is 0 Å². The first-order valence-electron chi connectivity index (χ1n) is 5.65. The zero-order chi connectivity index (χ0) is 12.2. The second kappa shape index (κ2) is 5.17. The van der Waals surface area contributed by atoms with E-state index >= 15 is 0 Å². The fourth-order valence-electron chi connectivity index (χ4n) is 1.57. The van der Waals surface area contributed by atoms with Gasteiger partial charge in [0.25, 0.3) is 0 Å². The van der Waals surface area contributed by atoms with Gasteiger partial charge in [0.05, 0.1) is 0 Å². The van der Waals surface area contributed by atoms with E-state index in [1.807, 2.05) is 18.2 Å². The van der Waals surface area contributed by atoms with Crippen molar-refractivity contribution in [3.05, 3.63) is 35.4 Å². The summed E-state index contributed by atoms with van der Waals surface area (Å²) in [6.07, 6.45) is 4.98. The summed E-state index contributed by atoms with van der Waals surface area (Å²) in [6, 6.07) is 5.70. The van der Waals surface area contributed by atoms with Crippen molar-refractivity contribution in [2.24, 2.45) is 5.73 Å². The van der Waals surface area contributed by atoms with Crippen LogP contribution in [0.4, 0.5) is 0 Å². The second-order valence-corrected chi connectivity index (χ2v) is 5.01. The van der Waals surface area contributed by atoms with Gasteiger partial charge in [-0.3, -0.25) is 0 Å². The van der Waals surface area contributed by atoms with Crippen molar-refractivity contribution >= 4 is 6.08 Å². The molecule has 0 radical (unpaired) electrons. The monoisotopic (exact) mass is 219 g/mol. The maximum absolute atomic E-state index is 9.80. The molecule has 0 spiro atoms. The molecule has 0 bridgehead atoms. The largest absolute Gasteiger partial charge is 0.508 e. The summed E-state index contributed by atoms with van der Waals surface area (Å²) >= 11 is 0. The molecule has 2 nitrogen and oxygen atoms in total. The Morgan fingerprint density at radius 1 is 1.31 bits per heavy atom. The Balaban J connectivity index is 2.99. The van der Waals surface area contributed by atoms with Crippen LogP contribution < -0.4 is 5.73 Å². The molecule has 0 aliphatic heterocycles. The summed E-state index contributed by atoms with van der Waals surface area (Å²) in [5.74, 6) is 0.364. The van der Waals surface area contributed by atoms with Crippen LogP contribution >= 0.6 is 0 Å². The molecule has 1 aromatic carbocycles. The van der Waals surface area contributed by atoms with E-state index in [0.29, 0.717) is 12.3 Å². The van der Waals surface area contributed by atoms with Gasteiger partial charge < -0.3 is 10.8 Å². The van der Waals surface area contributed by atoms with Gasteiger partial charge in [-0.05, 0) is 41.6 Å². The molecule has 0 amide bonds. The van der Waals surface area contributed by atoms with Gasteiger partial charge in [0, 0.05) is 0 Å². The number of aromatic hydroxyl groups is 1.